The summed E-state index contributed by atoms with van der Waals surface area (Å²) in [7, 11) is 0. The van der Waals surface area contributed by atoms with Crippen molar-refractivity contribution < 1.29 is 4.79 Å². The van der Waals surface area contributed by atoms with Crippen molar-refractivity contribution in [1.29, 1.82) is 0 Å². The lowest BCUT2D eigenvalue weighted by Crippen LogP contribution is -2.46. The smallest absolute Gasteiger partial charge is 0.321 e. The molecule has 0 unspecified atom stereocenters. The Morgan fingerprint density at radius 2 is 1.97 bits per heavy atom. The van der Waals surface area contributed by atoms with Crippen molar-refractivity contribution in [3.05, 3.63) is 78.0 Å². The molecule has 5 rings (SSSR count). The van der Waals surface area contributed by atoms with Crippen molar-refractivity contribution in [3.63, 3.8) is 0 Å². The van der Waals surface area contributed by atoms with Crippen LogP contribution in [0, 0.1) is 0 Å². The molecule has 4 aromatic rings. The summed E-state index contributed by atoms with van der Waals surface area (Å²) in [5, 5.41) is 7.34. The van der Waals surface area contributed by atoms with Crippen LogP contribution >= 0.6 is 0 Å². The van der Waals surface area contributed by atoms with Gasteiger partial charge in [0.05, 0.1) is 17.4 Å². The van der Waals surface area contributed by atoms with E-state index in [1.807, 2.05) is 59.5 Å². The Morgan fingerprint density at radius 1 is 1.12 bits per heavy atom. The van der Waals surface area contributed by atoms with Gasteiger partial charge in [0, 0.05) is 48.7 Å². The highest BCUT2D eigenvalue weighted by Crippen LogP contribution is 2.25. The zero-order valence-corrected chi connectivity index (χ0v) is 18.3. The molecule has 3 aromatic heterocycles. The molecular weight excluding hydrogens is 400 g/mol. The van der Waals surface area contributed by atoms with Crippen molar-refractivity contribution in [2.75, 3.05) is 18.0 Å². The van der Waals surface area contributed by atoms with Gasteiger partial charge in [-0.25, -0.2) is 19.3 Å². The molecule has 7 heteroatoms. The van der Waals surface area contributed by atoms with Crippen LogP contribution in [-0.2, 0) is 6.42 Å². The summed E-state index contributed by atoms with van der Waals surface area (Å²) in [6, 6.07) is 14.2. The third-order valence-electron chi connectivity index (χ3n) is 5.86. The van der Waals surface area contributed by atoms with Crippen LogP contribution in [0.1, 0.15) is 43.1 Å². The molecule has 1 aliphatic rings. The van der Waals surface area contributed by atoms with Crippen molar-refractivity contribution in [1.82, 2.24) is 24.9 Å². The van der Waals surface area contributed by atoms with Crippen LogP contribution in [0.5, 0.6) is 0 Å². The molecule has 0 bridgehead atoms. The lowest BCUT2D eigenvalue weighted by molar-refractivity contribution is 0.243. The van der Waals surface area contributed by atoms with Gasteiger partial charge in [0.15, 0.2) is 0 Å². The summed E-state index contributed by atoms with van der Waals surface area (Å²) < 4.78 is 1.91. The van der Waals surface area contributed by atoms with Crippen LogP contribution in [0.4, 0.5) is 10.5 Å². The van der Waals surface area contributed by atoms with Crippen LogP contribution in [-0.4, -0.2) is 38.7 Å². The average Bonchev–Trinajstić information content (AvgIpc) is 3.24. The number of urea groups is 1. The van der Waals surface area contributed by atoms with Gasteiger partial charge in [0.2, 0.25) is 0 Å². The first-order valence-corrected chi connectivity index (χ1v) is 11.0. The molecule has 4 heterocycles. The molecule has 1 aliphatic heterocycles. The molecule has 1 saturated heterocycles. The van der Waals surface area contributed by atoms with Gasteiger partial charge in [-0.05, 0) is 48.2 Å². The number of aromatic nitrogens is 4. The van der Waals surface area contributed by atoms with Gasteiger partial charge in [-0.1, -0.05) is 26.0 Å². The number of fused-ring (bicyclic) bond motifs is 1. The monoisotopic (exact) mass is 426 g/mol. The van der Waals surface area contributed by atoms with Crippen molar-refractivity contribution in [2.24, 2.45) is 0 Å². The SMILES string of the molecule is CC(C)c1cnn2ccc(-c3ccnc(Cc4ccc(N5CCCNC5=O)cc4)n3)cc12. The molecule has 0 atom stereocenters. The van der Waals surface area contributed by atoms with E-state index in [2.05, 4.69) is 35.3 Å². The van der Waals surface area contributed by atoms with E-state index < -0.39 is 0 Å². The third kappa shape index (κ3) is 3.93. The van der Waals surface area contributed by atoms with E-state index in [1.165, 1.54) is 5.56 Å². The van der Waals surface area contributed by atoms with Crippen LogP contribution in [0.3, 0.4) is 0 Å². The van der Waals surface area contributed by atoms with E-state index in [-0.39, 0.29) is 6.03 Å². The quantitative estimate of drug-likeness (QED) is 0.512. The van der Waals surface area contributed by atoms with Gasteiger partial charge >= 0.3 is 6.03 Å². The third-order valence-corrected chi connectivity index (χ3v) is 5.86. The number of nitrogens with zero attached hydrogens (tertiary/aromatic N) is 5. The minimum absolute atomic E-state index is 0.0317. The van der Waals surface area contributed by atoms with Crippen LogP contribution in [0.15, 0.2) is 61.1 Å². The molecule has 162 valence electrons. The van der Waals surface area contributed by atoms with Crippen molar-refractivity contribution >= 4 is 17.2 Å². The molecule has 0 spiro atoms. The van der Waals surface area contributed by atoms with Gasteiger partial charge in [-0.3, -0.25) is 4.90 Å². The van der Waals surface area contributed by atoms with Gasteiger partial charge in [0.25, 0.3) is 0 Å². The number of pyridine rings is 1. The Balaban J connectivity index is 1.37. The molecule has 0 aliphatic carbocycles. The van der Waals surface area contributed by atoms with Gasteiger partial charge in [-0.15, -0.1) is 0 Å². The van der Waals surface area contributed by atoms with Gasteiger partial charge in [-0.2, -0.15) is 5.10 Å². The van der Waals surface area contributed by atoms with E-state index >= 15 is 0 Å². The summed E-state index contributed by atoms with van der Waals surface area (Å²) in [4.78, 5) is 23.1. The largest absolute Gasteiger partial charge is 0.338 e. The van der Waals surface area contributed by atoms with E-state index in [4.69, 9.17) is 4.98 Å². The first-order chi connectivity index (χ1) is 15.6. The maximum atomic E-state index is 12.1. The second-order valence-electron chi connectivity index (χ2n) is 8.44. The normalized spacial score (nSPS) is 14.2. The fraction of sp³-hybridized carbons (Fsp3) is 0.280. The zero-order valence-electron chi connectivity index (χ0n) is 18.3. The van der Waals surface area contributed by atoms with Crippen LogP contribution in [0.25, 0.3) is 16.8 Å². The topological polar surface area (TPSA) is 75.4 Å². The highest BCUT2D eigenvalue weighted by Gasteiger charge is 2.19. The highest BCUT2D eigenvalue weighted by molar-refractivity contribution is 5.92. The summed E-state index contributed by atoms with van der Waals surface area (Å²) in [6.45, 7) is 5.84. The number of carbonyl (C=O) groups excluding carboxylic acids is 1. The Kier molecular flexibility index (Phi) is 5.31. The fourth-order valence-corrected chi connectivity index (χ4v) is 4.10. The molecule has 2 amide bonds. The maximum Gasteiger partial charge on any atom is 0.321 e. The summed E-state index contributed by atoms with van der Waals surface area (Å²) in [5.74, 6) is 1.17. The molecule has 0 radical (unpaired) electrons. The number of carbonyl (C=O) groups is 1. The van der Waals surface area contributed by atoms with Gasteiger partial charge in [0.1, 0.15) is 5.82 Å². The number of hydrogen-bond acceptors (Lipinski definition) is 4. The predicted octanol–water partition coefficient (Wildman–Crippen LogP) is 4.43. The summed E-state index contributed by atoms with van der Waals surface area (Å²) >= 11 is 0. The molecule has 1 aromatic carbocycles. The lowest BCUT2D eigenvalue weighted by atomic mass is 10.0. The average molecular weight is 427 g/mol. The Labute approximate surface area is 187 Å². The predicted molar refractivity (Wildman–Crippen MR) is 125 cm³/mol. The van der Waals surface area contributed by atoms with Gasteiger partial charge < -0.3 is 5.32 Å². The van der Waals surface area contributed by atoms with E-state index in [0.29, 0.717) is 12.3 Å². The first kappa shape index (κ1) is 20.2. The zero-order chi connectivity index (χ0) is 22.1. The summed E-state index contributed by atoms with van der Waals surface area (Å²) in [5.41, 5.74) is 6.30. The number of nitrogens with one attached hydrogen (secondary N) is 1. The maximum absolute atomic E-state index is 12.1. The number of benzene rings is 1. The minimum atomic E-state index is -0.0317. The number of anilines is 1. The van der Waals surface area contributed by atoms with Crippen LogP contribution in [0.2, 0.25) is 0 Å². The number of amides is 2. The van der Waals surface area contributed by atoms with Crippen LogP contribution < -0.4 is 10.2 Å². The highest BCUT2D eigenvalue weighted by atomic mass is 16.2. The number of hydrogen-bond donors (Lipinski definition) is 1. The van der Waals surface area contributed by atoms with E-state index in [0.717, 1.165) is 53.4 Å². The Morgan fingerprint density at radius 3 is 2.75 bits per heavy atom. The molecule has 7 nitrogen and oxygen atoms in total. The first-order valence-electron chi connectivity index (χ1n) is 11.0. The second-order valence-corrected chi connectivity index (χ2v) is 8.44. The Hall–Kier alpha value is -3.74. The van der Waals surface area contributed by atoms with Crippen molar-refractivity contribution in [2.45, 2.75) is 32.6 Å². The molecule has 1 fully saturated rings. The molecule has 32 heavy (non-hydrogen) atoms. The molecular formula is C25H26N6O. The fourth-order valence-electron chi connectivity index (χ4n) is 4.10. The second kappa shape index (κ2) is 8.42. The summed E-state index contributed by atoms with van der Waals surface area (Å²) in [6.07, 6.45) is 7.32. The standard InChI is InChI=1S/C25H26N6O/c1-17(2)21-16-28-31-13-9-19(15-23(21)31)22-8-11-26-24(29-22)14-18-4-6-20(7-5-18)30-12-3-10-27-25(30)32/h4-9,11,13,15-17H,3,10,12,14H2,1-2H3,(H,27,32). The number of rotatable bonds is 5. The Bertz CT molecular complexity index is 1260. The lowest BCUT2D eigenvalue weighted by Gasteiger charge is -2.27. The van der Waals surface area contributed by atoms with E-state index in [9.17, 15) is 4.79 Å². The van der Waals surface area contributed by atoms with Crippen molar-refractivity contribution in [3.8, 4) is 11.3 Å². The van der Waals surface area contributed by atoms with E-state index in [1.54, 1.807) is 4.90 Å². The molecule has 0 saturated carbocycles. The molecule has 1 N–H and O–H groups in total. The minimum Gasteiger partial charge on any atom is -0.338 e.